The molecule has 2 aromatic heterocycles. The molecule has 0 fully saturated rings. The molecule has 0 saturated carbocycles. The molecule has 3 nitrogen and oxygen atoms in total. The lowest BCUT2D eigenvalue weighted by atomic mass is 10.0. The van der Waals surface area contributed by atoms with Crippen molar-refractivity contribution in [2.75, 3.05) is 0 Å². The first-order chi connectivity index (χ1) is 18.3. The molecule has 0 unspecified atom stereocenters. The minimum absolute atomic E-state index is 0.650. The minimum atomic E-state index is 0.650. The van der Waals surface area contributed by atoms with Crippen LogP contribution in [0.2, 0.25) is 0 Å². The van der Waals surface area contributed by atoms with Crippen LogP contribution < -0.4 is 0 Å². The van der Waals surface area contributed by atoms with Crippen molar-refractivity contribution < 1.29 is 4.42 Å². The molecule has 0 aliphatic carbocycles. The predicted octanol–water partition coefficient (Wildman–Crippen LogP) is 9.21. The summed E-state index contributed by atoms with van der Waals surface area (Å²) in [7, 11) is 0. The monoisotopic (exact) mass is 478 g/mol. The topological polar surface area (TPSA) is 31.0 Å². The van der Waals surface area contributed by atoms with E-state index in [4.69, 9.17) is 4.42 Å². The largest absolute Gasteiger partial charge is 0.436 e. The maximum Gasteiger partial charge on any atom is 0.227 e. The number of hydrogen-bond donors (Lipinski definition) is 0. The Balaban J connectivity index is 1.24. The average Bonchev–Trinajstić information content (AvgIpc) is 3.53. The molecule has 0 N–H and O–H groups in total. The van der Waals surface area contributed by atoms with Gasteiger partial charge in [0.05, 0.1) is 11.0 Å². The standard InChI is InChI=1S/C34H26N2O/c1-2-7-23-12-21-32-29(22-23)28-8-3-5-10-31(28)36(32)27-19-17-25(18-20-27)24-13-15-26(16-14-24)34-35-30-9-4-6-11-33(30)37-34/h3-6,8-22H,2,7H2,1H3. The van der Waals surface area contributed by atoms with Crippen LogP contribution in [0.3, 0.4) is 0 Å². The summed E-state index contributed by atoms with van der Waals surface area (Å²) in [6.07, 6.45) is 2.26. The van der Waals surface area contributed by atoms with Crippen molar-refractivity contribution in [1.29, 1.82) is 0 Å². The van der Waals surface area contributed by atoms with Crippen molar-refractivity contribution in [1.82, 2.24) is 9.55 Å². The number of fused-ring (bicyclic) bond motifs is 4. The molecule has 37 heavy (non-hydrogen) atoms. The van der Waals surface area contributed by atoms with E-state index in [1.807, 2.05) is 24.3 Å². The normalized spacial score (nSPS) is 11.6. The summed E-state index contributed by atoms with van der Waals surface area (Å²) in [4.78, 5) is 4.62. The summed E-state index contributed by atoms with van der Waals surface area (Å²) in [5.41, 5.74) is 10.1. The van der Waals surface area contributed by atoms with Gasteiger partial charge in [0, 0.05) is 22.0 Å². The van der Waals surface area contributed by atoms with E-state index in [2.05, 4.69) is 107 Å². The zero-order valence-corrected chi connectivity index (χ0v) is 20.7. The molecule has 178 valence electrons. The van der Waals surface area contributed by atoms with E-state index >= 15 is 0 Å². The maximum absolute atomic E-state index is 5.93. The van der Waals surface area contributed by atoms with Gasteiger partial charge >= 0.3 is 0 Å². The Morgan fingerprint density at radius 1 is 0.649 bits per heavy atom. The highest BCUT2D eigenvalue weighted by Gasteiger charge is 2.13. The third kappa shape index (κ3) is 3.71. The number of benzene rings is 5. The average molecular weight is 479 g/mol. The van der Waals surface area contributed by atoms with E-state index in [0.29, 0.717) is 5.89 Å². The number of nitrogens with zero attached hydrogens (tertiary/aromatic N) is 2. The molecule has 3 heteroatoms. The molecule has 2 heterocycles. The number of oxazole rings is 1. The van der Waals surface area contributed by atoms with Crippen molar-refractivity contribution in [2.24, 2.45) is 0 Å². The summed E-state index contributed by atoms with van der Waals surface area (Å²) >= 11 is 0. The second-order valence-electron chi connectivity index (χ2n) is 9.57. The smallest absolute Gasteiger partial charge is 0.227 e. The molecule has 7 rings (SSSR count). The van der Waals surface area contributed by atoms with Gasteiger partial charge in [0.2, 0.25) is 5.89 Å². The van der Waals surface area contributed by atoms with Crippen molar-refractivity contribution in [3.05, 3.63) is 121 Å². The zero-order chi connectivity index (χ0) is 24.8. The van der Waals surface area contributed by atoms with Crippen LogP contribution in [0, 0.1) is 0 Å². The molecular formula is C34H26N2O. The fourth-order valence-corrected chi connectivity index (χ4v) is 5.35. The van der Waals surface area contributed by atoms with Gasteiger partial charge in [-0.3, -0.25) is 0 Å². The Morgan fingerprint density at radius 3 is 2.11 bits per heavy atom. The SMILES string of the molecule is CCCc1ccc2c(c1)c1ccccc1n2-c1ccc(-c2ccc(-c3nc4ccccc4o3)cc2)cc1. The highest BCUT2D eigenvalue weighted by molar-refractivity contribution is 6.09. The molecule has 0 radical (unpaired) electrons. The van der Waals surface area contributed by atoms with Crippen LogP contribution in [-0.4, -0.2) is 9.55 Å². The van der Waals surface area contributed by atoms with Crippen molar-refractivity contribution in [2.45, 2.75) is 19.8 Å². The van der Waals surface area contributed by atoms with Gasteiger partial charge in [-0.1, -0.05) is 74.0 Å². The summed E-state index contributed by atoms with van der Waals surface area (Å²) < 4.78 is 8.31. The Kier molecular flexibility index (Phi) is 5.14. The fraction of sp³-hybridized carbons (Fsp3) is 0.0882. The first-order valence-corrected chi connectivity index (χ1v) is 12.9. The number of aromatic nitrogens is 2. The lowest BCUT2D eigenvalue weighted by Crippen LogP contribution is -1.94. The van der Waals surface area contributed by atoms with Crippen LogP contribution in [0.5, 0.6) is 0 Å². The Labute approximate surface area is 215 Å². The Bertz CT molecular complexity index is 1840. The van der Waals surface area contributed by atoms with Crippen LogP contribution in [0.15, 0.2) is 120 Å². The third-order valence-electron chi connectivity index (χ3n) is 7.16. The van der Waals surface area contributed by atoms with Crippen molar-refractivity contribution >= 4 is 32.9 Å². The van der Waals surface area contributed by atoms with Crippen molar-refractivity contribution in [3.8, 4) is 28.3 Å². The highest BCUT2D eigenvalue weighted by atomic mass is 16.3. The molecule has 5 aromatic carbocycles. The van der Waals surface area contributed by atoms with Crippen LogP contribution in [0.25, 0.3) is 61.2 Å². The summed E-state index contributed by atoms with van der Waals surface area (Å²) in [6, 6.07) is 40.7. The molecule has 0 atom stereocenters. The van der Waals surface area contributed by atoms with Crippen LogP contribution >= 0.6 is 0 Å². The summed E-state index contributed by atoms with van der Waals surface area (Å²) in [5, 5.41) is 2.62. The first kappa shape index (κ1) is 21.6. The molecule has 0 aliphatic rings. The fourth-order valence-electron chi connectivity index (χ4n) is 5.35. The number of aryl methyl sites for hydroxylation is 1. The van der Waals surface area contributed by atoms with Crippen LogP contribution in [0.1, 0.15) is 18.9 Å². The van der Waals surface area contributed by atoms with E-state index in [9.17, 15) is 0 Å². The molecule has 0 bridgehead atoms. The van der Waals surface area contributed by atoms with Gasteiger partial charge in [-0.25, -0.2) is 4.98 Å². The van der Waals surface area contributed by atoms with E-state index in [0.717, 1.165) is 35.1 Å². The number of rotatable bonds is 5. The predicted molar refractivity (Wildman–Crippen MR) is 153 cm³/mol. The van der Waals surface area contributed by atoms with Crippen LogP contribution in [0.4, 0.5) is 0 Å². The quantitative estimate of drug-likeness (QED) is 0.247. The number of hydrogen-bond acceptors (Lipinski definition) is 2. The van der Waals surface area contributed by atoms with E-state index in [1.165, 1.54) is 38.6 Å². The first-order valence-electron chi connectivity index (χ1n) is 12.9. The number of para-hydroxylation sites is 3. The van der Waals surface area contributed by atoms with E-state index < -0.39 is 0 Å². The van der Waals surface area contributed by atoms with Gasteiger partial charge in [-0.15, -0.1) is 0 Å². The molecule has 0 saturated heterocycles. The van der Waals surface area contributed by atoms with Crippen LogP contribution in [-0.2, 0) is 6.42 Å². The summed E-state index contributed by atoms with van der Waals surface area (Å²) in [5.74, 6) is 0.650. The second-order valence-corrected chi connectivity index (χ2v) is 9.57. The van der Waals surface area contributed by atoms with Gasteiger partial charge in [0.1, 0.15) is 5.52 Å². The lowest BCUT2D eigenvalue weighted by Gasteiger charge is -2.10. The highest BCUT2D eigenvalue weighted by Crippen LogP contribution is 2.34. The molecular weight excluding hydrogens is 452 g/mol. The van der Waals surface area contributed by atoms with E-state index in [1.54, 1.807) is 0 Å². The summed E-state index contributed by atoms with van der Waals surface area (Å²) in [6.45, 7) is 2.23. The molecule has 7 aromatic rings. The Hall–Kier alpha value is -4.63. The lowest BCUT2D eigenvalue weighted by molar-refractivity contribution is 0.620. The Morgan fingerprint density at radius 2 is 1.32 bits per heavy atom. The molecule has 0 aliphatic heterocycles. The van der Waals surface area contributed by atoms with Gasteiger partial charge in [0.25, 0.3) is 0 Å². The van der Waals surface area contributed by atoms with Gasteiger partial charge in [-0.2, -0.15) is 0 Å². The van der Waals surface area contributed by atoms with Gasteiger partial charge in [-0.05, 0) is 77.7 Å². The maximum atomic E-state index is 5.93. The molecule has 0 amide bonds. The van der Waals surface area contributed by atoms with Gasteiger partial charge < -0.3 is 8.98 Å². The zero-order valence-electron chi connectivity index (χ0n) is 20.7. The van der Waals surface area contributed by atoms with Crippen molar-refractivity contribution in [3.63, 3.8) is 0 Å². The second kappa shape index (κ2) is 8.79. The van der Waals surface area contributed by atoms with E-state index in [-0.39, 0.29) is 0 Å². The molecule has 0 spiro atoms. The third-order valence-corrected chi connectivity index (χ3v) is 7.16. The van der Waals surface area contributed by atoms with Gasteiger partial charge in [0.15, 0.2) is 5.58 Å². The minimum Gasteiger partial charge on any atom is -0.436 e.